The average Bonchev–Trinajstić information content (AvgIpc) is 2.38. The molecule has 0 spiro atoms. The monoisotopic (exact) mass is 271 g/mol. The third-order valence-electron chi connectivity index (χ3n) is 3.59. The number of hydrogen-bond acceptors (Lipinski definition) is 4. The highest BCUT2D eigenvalue weighted by molar-refractivity contribution is 5.96. The van der Waals surface area contributed by atoms with E-state index in [1.54, 1.807) is 21.2 Å². The van der Waals surface area contributed by atoms with E-state index in [-0.39, 0.29) is 23.7 Å². The van der Waals surface area contributed by atoms with Gasteiger partial charge in [0.15, 0.2) is 0 Å². The Hall–Kier alpha value is -1.14. The first-order valence-electron chi connectivity index (χ1n) is 6.66. The lowest BCUT2D eigenvalue weighted by Crippen LogP contribution is -2.47. The number of nitrogens with one attached hydrogen (secondary N) is 2. The fourth-order valence-corrected chi connectivity index (χ4v) is 2.28. The average molecular weight is 271 g/mol. The number of ether oxygens (including phenoxy) is 1. The van der Waals surface area contributed by atoms with Crippen molar-refractivity contribution < 1.29 is 14.3 Å². The molecular formula is C13H25N3O3. The molecule has 1 saturated heterocycles. The van der Waals surface area contributed by atoms with Crippen LogP contribution in [0.15, 0.2) is 0 Å². The van der Waals surface area contributed by atoms with Crippen LogP contribution in [0.4, 0.5) is 0 Å². The van der Waals surface area contributed by atoms with Gasteiger partial charge in [-0.05, 0) is 25.9 Å². The van der Waals surface area contributed by atoms with E-state index < -0.39 is 0 Å². The van der Waals surface area contributed by atoms with Crippen molar-refractivity contribution in [1.29, 1.82) is 0 Å². The molecule has 0 saturated carbocycles. The Balaban J connectivity index is 2.43. The molecule has 110 valence electrons. The lowest BCUT2D eigenvalue weighted by Gasteiger charge is -2.37. The van der Waals surface area contributed by atoms with Crippen LogP contribution in [0.5, 0.6) is 0 Å². The molecule has 0 aromatic rings. The minimum Gasteiger partial charge on any atom is -0.384 e. The molecule has 19 heavy (non-hydrogen) atoms. The van der Waals surface area contributed by atoms with E-state index in [1.165, 1.54) is 4.90 Å². The van der Waals surface area contributed by atoms with Crippen molar-refractivity contribution in [3.63, 3.8) is 0 Å². The number of carbonyl (C=O) groups excluding carboxylic acids is 2. The maximum Gasteiger partial charge on any atom is 0.231 e. The van der Waals surface area contributed by atoms with Gasteiger partial charge in [0.25, 0.3) is 0 Å². The van der Waals surface area contributed by atoms with Crippen LogP contribution in [0.3, 0.4) is 0 Å². The minimum atomic E-state index is -0.215. The van der Waals surface area contributed by atoms with Crippen LogP contribution >= 0.6 is 0 Å². The largest absolute Gasteiger partial charge is 0.384 e. The number of piperidine rings is 1. The van der Waals surface area contributed by atoms with Gasteiger partial charge in [0.2, 0.25) is 11.8 Å². The van der Waals surface area contributed by atoms with Crippen LogP contribution in [0.1, 0.15) is 19.3 Å². The first-order chi connectivity index (χ1) is 8.99. The number of amides is 2. The van der Waals surface area contributed by atoms with Gasteiger partial charge in [-0.2, -0.15) is 0 Å². The number of rotatable bonds is 6. The van der Waals surface area contributed by atoms with Crippen LogP contribution in [0.2, 0.25) is 0 Å². The Labute approximate surface area is 114 Å². The van der Waals surface area contributed by atoms with Crippen molar-refractivity contribution in [3.8, 4) is 0 Å². The molecule has 2 N–H and O–H groups in total. The highest BCUT2D eigenvalue weighted by Crippen LogP contribution is 2.28. The van der Waals surface area contributed by atoms with Gasteiger partial charge in [0.05, 0.1) is 6.61 Å². The summed E-state index contributed by atoms with van der Waals surface area (Å²) in [6, 6.07) is 0. The van der Waals surface area contributed by atoms with Gasteiger partial charge >= 0.3 is 0 Å². The van der Waals surface area contributed by atoms with E-state index in [9.17, 15) is 9.59 Å². The zero-order valence-corrected chi connectivity index (χ0v) is 12.1. The van der Waals surface area contributed by atoms with Gasteiger partial charge in [0, 0.05) is 33.2 Å². The molecule has 2 amide bonds. The highest BCUT2D eigenvalue weighted by atomic mass is 16.5. The number of nitrogens with zero attached hydrogens (tertiary/aromatic N) is 1. The molecule has 0 aliphatic carbocycles. The molecule has 0 bridgehead atoms. The van der Waals surface area contributed by atoms with Crippen LogP contribution in [0.25, 0.3) is 0 Å². The topological polar surface area (TPSA) is 70.7 Å². The molecular weight excluding hydrogens is 246 g/mol. The lowest BCUT2D eigenvalue weighted by atomic mass is 9.79. The minimum absolute atomic E-state index is 0.00315. The number of methoxy groups -OCH3 is 1. The van der Waals surface area contributed by atoms with Crippen molar-refractivity contribution in [2.45, 2.75) is 19.3 Å². The summed E-state index contributed by atoms with van der Waals surface area (Å²) in [4.78, 5) is 24.6. The maximum absolute atomic E-state index is 11.7. The predicted octanol–water partition coefficient (Wildman–Crippen LogP) is -0.403. The third kappa shape index (κ3) is 5.16. The van der Waals surface area contributed by atoms with Crippen molar-refractivity contribution in [3.05, 3.63) is 0 Å². The molecule has 0 radical (unpaired) electrons. The van der Waals surface area contributed by atoms with Crippen LogP contribution in [0, 0.1) is 5.41 Å². The van der Waals surface area contributed by atoms with Crippen molar-refractivity contribution in [1.82, 2.24) is 15.5 Å². The molecule has 1 aliphatic heterocycles. The Morgan fingerprint density at radius 1 is 1.32 bits per heavy atom. The summed E-state index contributed by atoms with van der Waals surface area (Å²) in [7, 11) is 4.98. The normalized spacial score (nSPS) is 17.8. The molecule has 0 atom stereocenters. The quantitative estimate of drug-likeness (QED) is 0.645. The van der Waals surface area contributed by atoms with Gasteiger partial charge in [0.1, 0.15) is 6.42 Å². The summed E-state index contributed by atoms with van der Waals surface area (Å²) in [5.74, 6) is -0.392. The second kappa shape index (κ2) is 7.45. The smallest absolute Gasteiger partial charge is 0.231 e. The van der Waals surface area contributed by atoms with Crippen LogP contribution in [-0.4, -0.2) is 64.2 Å². The first-order valence-corrected chi connectivity index (χ1v) is 6.66. The maximum atomic E-state index is 11.7. The molecule has 6 heteroatoms. The molecule has 0 aromatic carbocycles. The Morgan fingerprint density at radius 2 is 1.95 bits per heavy atom. The fourth-order valence-electron chi connectivity index (χ4n) is 2.28. The molecule has 1 aliphatic rings. The standard InChI is InChI=1S/C13H25N3O3/c1-16(2)12(18)8-11(17)15-9-13(10-19-3)4-6-14-7-5-13/h14H,4-10H2,1-3H3,(H,15,17). The predicted molar refractivity (Wildman–Crippen MR) is 72.7 cm³/mol. The molecule has 6 nitrogen and oxygen atoms in total. The molecule has 0 aromatic heterocycles. The summed E-state index contributed by atoms with van der Waals surface area (Å²) < 4.78 is 5.28. The Kier molecular flexibility index (Phi) is 6.24. The molecule has 0 unspecified atom stereocenters. The summed E-state index contributed by atoms with van der Waals surface area (Å²) in [6.45, 7) is 3.09. The number of carbonyl (C=O) groups is 2. The third-order valence-corrected chi connectivity index (χ3v) is 3.59. The van der Waals surface area contributed by atoms with Gasteiger partial charge in [-0.15, -0.1) is 0 Å². The Bertz CT molecular complexity index is 307. The Morgan fingerprint density at radius 3 is 2.47 bits per heavy atom. The van der Waals surface area contributed by atoms with E-state index in [2.05, 4.69) is 10.6 Å². The van der Waals surface area contributed by atoms with E-state index in [1.807, 2.05) is 0 Å². The van der Waals surface area contributed by atoms with Crippen molar-refractivity contribution in [2.24, 2.45) is 5.41 Å². The molecule has 1 fully saturated rings. The van der Waals surface area contributed by atoms with Gasteiger partial charge in [-0.3, -0.25) is 9.59 Å². The summed E-state index contributed by atoms with van der Waals surface area (Å²) in [5.41, 5.74) is -0.00315. The zero-order valence-electron chi connectivity index (χ0n) is 12.1. The lowest BCUT2D eigenvalue weighted by molar-refractivity contribution is -0.134. The van der Waals surface area contributed by atoms with Gasteiger partial charge < -0.3 is 20.3 Å². The summed E-state index contributed by atoms with van der Waals surface area (Å²) in [6.07, 6.45) is 1.86. The number of hydrogen-bond donors (Lipinski definition) is 2. The zero-order chi connectivity index (χ0) is 14.3. The SMILES string of the molecule is COCC1(CNC(=O)CC(=O)N(C)C)CCNCC1. The highest BCUT2D eigenvalue weighted by Gasteiger charge is 2.32. The van der Waals surface area contributed by atoms with Crippen LogP contribution in [-0.2, 0) is 14.3 Å². The van der Waals surface area contributed by atoms with E-state index in [0.29, 0.717) is 13.2 Å². The van der Waals surface area contributed by atoms with E-state index in [4.69, 9.17) is 4.74 Å². The molecule has 1 rings (SSSR count). The van der Waals surface area contributed by atoms with E-state index >= 15 is 0 Å². The second-order valence-electron chi connectivity index (χ2n) is 5.42. The summed E-state index contributed by atoms with van der Waals surface area (Å²) >= 11 is 0. The van der Waals surface area contributed by atoms with Crippen molar-refractivity contribution >= 4 is 11.8 Å². The second-order valence-corrected chi connectivity index (χ2v) is 5.42. The van der Waals surface area contributed by atoms with Crippen LogP contribution < -0.4 is 10.6 Å². The molecule has 1 heterocycles. The van der Waals surface area contributed by atoms with E-state index in [0.717, 1.165) is 25.9 Å². The van der Waals surface area contributed by atoms with Crippen molar-refractivity contribution in [2.75, 3.05) is 47.4 Å². The summed E-state index contributed by atoms with van der Waals surface area (Å²) in [5, 5.41) is 6.17. The van der Waals surface area contributed by atoms with Gasteiger partial charge in [-0.25, -0.2) is 0 Å². The fraction of sp³-hybridized carbons (Fsp3) is 0.846. The van der Waals surface area contributed by atoms with Gasteiger partial charge in [-0.1, -0.05) is 0 Å². The first kappa shape index (κ1) is 15.9.